The number of rotatable bonds is 10. The number of anilines is 1. The first-order valence-electron chi connectivity index (χ1n) is 13.5. The van der Waals surface area contributed by atoms with Gasteiger partial charge in [-0.05, 0) is 68.1 Å². The van der Waals surface area contributed by atoms with Gasteiger partial charge in [0.15, 0.2) is 11.5 Å². The van der Waals surface area contributed by atoms with Crippen LogP contribution in [-0.2, 0) is 14.8 Å². The molecule has 9 heteroatoms. The summed E-state index contributed by atoms with van der Waals surface area (Å²) in [6, 6.07) is 17.3. The monoisotopic (exact) mass is 566 g/mol. The number of ether oxygens (including phenoxy) is 3. The highest BCUT2D eigenvalue weighted by molar-refractivity contribution is 7.92. The molecule has 4 rings (SSSR count). The Balaban J connectivity index is 1.71. The van der Waals surface area contributed by atoms with E-state index >= 15 is 0 Å². The van der Waals surface area contributed by atoms with E-state index in [0.29, 0.717) is 17.9 Å². The fraction of sp³-hybridized carbons (Fsp3) is 0.387. The lowest BCUT2D eigenvalue weighted by Gasteiger charge is -2.41. The molecule has 1 heterocycles. The van der Waals surface area contributed by atoms with Crippen LogP contribution >= 0.6 is 0 Å². The fourth-order valence-corrected chi connectivity index (χ4v) is 6.73. The van der Waals surface area contributed by atoms with E-state index in [4.69, 9.17) is 14.2 Å². The van der Waals surface area contributed by atoms with Crippen LogP contribution in [0.4, 0.5) is 5.69 Å². The van der Waals surface area contributed by atoms with E-state index in [1.165, 1.54) is 26.4 Å². The largest absolute Gasteiger partial charge is 0.493 e. The molecule has 1 atom stereocenters. The molecule has 0 unspecified atom stereocenters. The van der Waals surface area contributed by atoms with Crippen LogP contribution in [0.3, 0.4) is 0 Å². The van der Waals surface area contributed by atoms with Gasteiger partial charge in [-0.2, -0.15) is 0 Å². The second-order valence-electron chi connectivity index (χ2n) is 10.2. The lowest BCUT2D eigenvalue weighted by atomic mass is 9.83. The van der Waals surface area contributed by atoms with Gasteiger partial charge in [0.2, 0.25) is 5.91 Å². The molecule has 1 N–H and O–H groups in total. The SMILES string of the molecule is CCC1(CC)C[C@@H](NC(=O)CN(c2cc(C)cc(C)c2)S(=O)(=O)c2ccc(OC)c(OC)c2)c2ccccc2O1. The standard InChI is InChI=1S/C31H38N2O6S/c1-7-31(8-2)19-26(25-11-9-10-12-27(25)39-31)32-30(34)20-33(23-16-21(3)15-22(4)17-23)40(35,36)24-13-14-28(37-5)29(18-24)38-6/h9-18,26H,7-8,19-20H2,1-6H3,(H,32,34)/t26-/m1/s1. The highest BCUT2D eigenvalue weighted by atomic mass is 32.2. The summed E-state index contributed by atoms with van der Waals surface area (Å²) >= 11 is 0. The summed E-state index contributed by atoms with van der Waals surface area (Å²) in [5.41, 5.74) is 2.65. The smallest absolute Gasteiger partial charge is 0.264 e. The minimum atomic E-state index is -4.16. The number of amides is 1. The van der Waals surface area contributed by atoms with E-state index in [0.717, 1.165) is 39.6 Å². The van der Waals surface area contributed by atoms with Crippen molar-refractivity contribution in [2.75, 3.05) is 25.1 Å². The summed E-state index contributed by atoms with van der Waals surface area (Å²) in [5, 5.41) is 3.12. The minimum Gasteiger partial charge on any atom is -0.493 e. The Morgan fingerprint density at radius 3 is 2.25 bits per heavy atom. The summed E-state index contributed by atoms with van der Waals surface area (Å²) < 4.78 is 46.3. The first kappa shape index (κ1) is 29.3. The molecule has 0 fully saturated rings. The number of aryl methyl sites for hydroxylation is 2. The quantitative estimate of drug-likeness (QED) is 0.338. The molecule has 0 radical (unpaired) electrons. The lowest BCUT2D eigenvalue weighted by Crippen LogP contribution is -2.47. The van der Waals surface area contributed by atoms with Crippen LogP contribution < -0.4 is 23.8 Å². The lowest BCUT2D eigenvalue weighted by molar-refractivity contribution is -0.121. The van der Waals surface area contributed by atoms with E-state index in [2.05, 4.69) is 19.2 Å². The predicted molar refractivity (Wildman–Crippen MR) is 156 cm³/mol. The van der Waals surface area contributed by atoms with E-state index < -0.39 is 28.1 Å². The molecule has 0 saturated heterocycles. The summed E-state index contributed by atoms with van der Waals surface area (Å²) in [6.45, 7) is 7.55. The van der Waals surface area contributed by atoms with Crippen LogP contribution in [0.15, 0.2) is 65.6 Å². The van der Waals surface area contributed by atoms with Crippen molar-refractivity contribution in [1.29, 1.82) is 0 Å². The molecule has 3 aromatic carbocycles. The van der Waals surface area contributed by atoms with Gasteiger partial charge in [0.1, 0.15) is 17.9 Å². The highest BCUT2D eigenvalue weighted by Gasteiger charge is 2.39. The third-order valence-electron chi connectivity index (χ3n) is 7.55. The van der Waals surface area contributed by atoms with E-state index in [1.807, 2.05) is 44.2 Å². The Hall–Kier alpha value is -3.72. The third-order valence-corrected chi connectivity index (χ3v) is 9.32. The Morgan fingerprint density at radius 1 is 0.975 bits per heavy atom. The van der Waals surface area contributed by atoms with Crippen molar-refractivity contribution in [1.82, 2.24) is 5.32 Å². The topological polar surface area (TPSA) is 94.2 Å². The third kappa shape index (κ3) is 5.89. The molecule has 0 bridgehead atoms. The molecular formula is C31H38N2O6S. The number of sulfonamides is 1. The van der Waals surface area contributed by atoms with Crippen LogP contribution in [0.1, 0.15) is 55.8 Å². The number of benzene rings is 3. The average molecular weight is 567 g/mol. The molecule has 40 heavy (non-hydrogen) atoms. The van der Waals surface area contributed by atoms with E-state index in [1.54, 1.807) is 18.2 Å². The Morgan fingerprint density at radius 2 is 1.62 bits per heavy atom. The summed E-state index contributed by atoms with van der Waals surface area (Å²) in [7, 11) is -1.23. The van der Waals surface area contributed by atoms with Crippen LogP contribution in [0.5, 0.6) is 17.2 Å². The Bertz CT molecular complexity index is 1460. The zero-order valence-electron chi connectivity index (χ0n) is 24.0. The van der Waals surface area contributed by atoms with Gasteiger partial charge in [-0.25, -0.2) is 8.42 Å². The Labute approximate surface area is 237 Å². The van der Waals surface area contributed by atoms with Gasteiger partial charge in [-0.15, -0.1) is 0 Å². The molecule has 0 spiro atoms. The molecule has 0 aromatic heterocycles. The van der Waals surface area contributed by atoms with Gasteiger partial charge in [0.25, 0.3) is 10.0 Å². The highest BCUT2D eigenvalue weighted by Crippen LogP contribution is 2.42. The fourth-order valence-electron chi connectivity index (χ4n) is 5.31. The zero-order valence-corrected chi connectivity index (χ0v) is 24.8. The number of methoxy groups -OCH3 is 2. The van der Waals surface area contributed by atoms with E-state index in [9.17, 15) is 13.2 Å². The number of fused-ring (bicyclic) bond motifs is 1. The zero-order chi connectivity index (χ0) is 29.1. The van der Waals surface area contributed by atoms with Gasteiger partial charge in [-0.1, -0.05) is 38.1 Å². The first-order valence-corrected chi connectivity index (χ1v) is 14.9. The van der Waals surface area contributed by atoms with Gasteiger partial charge in [0, 0.05) is 18.1 Å². The van der Waals surface area contributed by atoms with E-state index in [-0.39, 0.29) is 16.7 Å². The molecule has 0 aliphatic carbocycles. The number of nitrogens with zero attached hydrogens (tertiary/aromatic N) is 1. The molecule has 1 aliphatic rings. The van der Waals surface area contributed by atoms with Crippen molar-refractivity contribution in [3.63, 3.8) is 0 Å². The number of carbonyl (C=O) groups is 1. The first-order chi connectivity index (χ1) is 19.1. The number of hydrogen-bond donors (Lipinski definition) is 1. The van der Waals surface area contributed by atoms with Crippen LogP contribution in [0, 0.1) is 13.8 Å². The number of carbonyl (C=O) groups excluding carboxylic acids is 1. The molecule has 3 aromatic rings. The molecule has 1 amide bonds. The average Bonchev–Trinajstić information content (AvgIpc) is 2.94. The molecular weight excluding hydrogens is 528 g/mol. The van der Waals surface area contributed by atoms with Crippen molar-refractivity contribution in [2.45, 2.75) is 63.5 Å². The maximum absolute atomic E-state index is 14.1. The number of hydrogen-bond acceptors (Lipinski definition) is 6. The molecule has 1 aliphatic heterocycles. The van der Waals surface area contributed by atoms with Gasteiger partial charge >= 0.3 is 0 Å². The van der Waals surface area contributed by atoms with Crippen molar-refractivity contribution in [2.24, 2.45) is 0 Å². The normalized spacial score (nSPS) is 15.9. The predicted octanol–water partition coefficient (Wildman–Crippen LogP) is 5.71. The molecule has 214 valence electrons. The van der Waals surface area contributed by atoms with Crippen molar-refractivity contribution in [3.8, 4) is 17.2 Å². The maximum Gasteiger partial charge on any atom is 0.264 e. The number of nitrogens with one attached hydrogen (secondary N) is 1. The second-order valence-corrected chi connectivity index (χ2v) is 12.1. The molecule has 0 saturated carbocycles. The summed E-state index contributed by atoms with van der Waals surface area (Å²) in [5.74, 6) is 1.02. The van der Waals surface area contributed by atoms with Crippen LogP contribution in [0.2, 0.25) is 0 Å². The van der Waals surface area contributed by atoms with Gasteiger partial charge < -0.3 is 19.5 Å². The number of para-hydroxylation sites is 1. The minimum absolute atomic E-state index is 0.00972. The van der Waals surface area contributed by atoms with Crippen LogP contribution in [-0.4, -0.2) is 40.7 Å². The van der Waals surface area contributed by atoms with Crippen LogP contribution in [0.25, 0.3) is 0 Å². The summed E-state index contributed by atoms with van der Waals surface area (Å²) in [6.07, 6.45) is 2.16. The summed E-state index contributed by atoms with van der Waals surface area (Å²) in [4.78, 5) is 13.7. The van der Waals surface area contributed by atoms with Gasteiger partial charge in [0.05, 0.1) is 30.8 Å². The van der Waals surface area contributed by atoms with Gasteiger partial charge in [-0.3, -0.25) is 9.10 Å². The molecule has 8 nitrogen and oxygen atoms in total. The Kier molecular flexibility index (Phi) is 8.63. The van der Waals surface area contributed by atoms with Crippen molar-refractivity contribution >= 4 is 21.6 Å². The maximum atomic E-state index is 14.1. The van der Waals surface area contributed by atoms with Crippen molar-refractivity contribution < 1.29 is 27.4 Å². The van der Waals surface area contributed by atoms with Crippen molar-refractivity contribution in [3.05, 3.63) is 77.4 Å². The second kappa shape index (κ2) is 11.8.